The number of para-hydroxylation sites is 3. The molecule has 0 amide bonds. The van der Waals surface area contributed by atoms with Crippen LogP contribution in [0.5, 0.6) is 0 Å². The Kier molecular flexibility index (Phi) is 7.94. The van der Waals surface area contributed by atoms with Crippen molar-refractivity contribution in [2.45, 2.75) is 5.41 Å². The maximum Gasteiger partial charge on any atom is 0.143 e. The van der Waals surface area contributed by atoms with Crippen LogP contribution in [0.2, 0.25) is 0 Å². The fourth-order valence-electron chi connectivity index (χ4n) is 9.31. The van der Waals surface area contributed by atoms with E-state index in [4.69, 9.17) is 4.42 Å². The molecule has 1 aliphatic rings. The Balaban J connectivity index is 1.14. The van der Waals surface area contributed by atoms with Gasteiger partial charge < -0.3 is 9.32 Å². The van der Waals surface area contributed by atoms with Gasteiger partial charge in [-0.3, -0.25) is 0 Å². The normalized spacial score (nSPS) is 12.7. The highest BCUT2D eigenvalue weighted by Crippen LogP contribution is 2.57. The van der Waals surface area contributed by atoms with E-state index in [2.05, 4.69) is 181 Å². The van der Waals surface area contributed by atoms with Crippen molar-refractivity contribution in [3.63, 3.8) is 0 Å². The Morgan fingerprint density at radius 3 is 1.69 bits per heavy atom. The molecule has 0 fully saturated rings. The van der Waals surface area contributed by atoms with Gasteiger partial charge in [-0.05, 0) is 93.0 Å². The van der Waals surface area contributed by atoms with Crippen LogP contribution in [0.15, 0.2) is 223 Å². The smallest absolute Gasteiger partial charge is 0.143 e. The first-order chi connectivity index (χ1) is 28.7. The van der Waals surface area contributed by atoms with Crippen LogP contribution in [0.4, 0.5) is 21.5 Å². The van der Waals surface area contributed by atoms with Crippen LogP contribution in [0.1, 0.15) is 22.3 Å². The summed E-state index contributed by atoms with van der Waals surface area (Å²) in [5, 5.41) is 2.22. The molecule has 1 aliphatic carbocycles. The molecule has 1 heterocycles. The highest BCUT2D eigenvalue weighted by Gasteiger charge is 2.46. The van der Waals surface area contributed by atoms with E-state index in [0.717, 1.165) is 94.6 Å². The molecule has 0 saturated heterocycles. The quantitative estimate of drug-likeness (QED) is 0.162. The van der Waals surface area contributed by atoms with Crippen molar-refractivity contribution in [2.75, 3.05) is 4.90 Å². The molecule has 0 bridgehead atoms. The number of furan rings is 1. The van der Waals surface area contributed by atoms with E-state index in [1.165, 1.54) is 0 Å². The lowest BCUT2D eigenvalue weighted by Gasteiger charge is -2.35. The molecule has 0 radical (unpaired) electrons. The predicted octanol–water partition coefficient (Wildman–Crippen LogP) is 14.9. The standard InChI is InChI=1S/C55H36FNO/c56-41-29-33-46-47-34-32-43(36-51(47)55(50(46)35-41,39-17-6-2-7-18-39)40-19-8-3-9-20-40)57(52-25-12-10-21-44(52)37-15-4-1-5-16-37)42-30-27-38(28-31-42)45-23-14-24-49-48-22-11-13-26-53(48)58-54(45)49/h1-36H. The number of rotatable bonds is 7. The van der Waals surface area contributed by atoms with Crippen LogP contribution in [0, 0.1) is 5.82 Å². The third-order valence-electron chi connectivity index (χ3n) is 11.8. The summed E-state index contributed by atoms with van der Waals surface area (Å²) in [4.78, 5) is 2.36. The molecule has 2 nitrogen and oxygen atoms in total. The molecular weight excluding hydrogens is 710 g/mol. The van der Waals surface area contributed by atoms with Crippen molar-refractivity contribution in [1.82, 2.24) is 0 Å². The van der Waals surface area contributed by atoms with Crippen LogP contribution in [0.25, 0.3) is 55.3 Å². The topological polar surface area (TPSA) is 16.4 Å². The lowest BCUT2D eigenvalue weighted by atomic mass is 9.67. The van der Waals surface area contributed by atoms with E-state index in [-0.39, 0.29) is 5.82 Å². The van der Waals surface area contributed by atoms with Gasteiger partial charge in [-0.1, -0.05) is 170 Å². The number of anilines is 3. The summed E-state index contributed by atoms with van der Waals surface area (Å²) < 4.78 is 22.0. The third-order valence-corrected chi connectivity index (χ3v) is 11.8. The summed E-state index contributed by atoms with van der Waals surface area (Å²) >= 11 is 0. The van der Waals surface area contributed by atoms with Gasteiger partial charge in [0.2, 0.25) is 0 Å². The fraction of sp³-hybridized carbons (Fsp3) is 0.0182. The highest BCUT2D eigenvalue weighted by molar-refractivity contribution is 6.09. The van der Waals surface area contributed by atoms with Crippen molar-refractivity contribution in [1.29, 1.82) is 0 Å². The summed E-state index contributed by atoms with van der Waals surface area (Å²) in [6, 6.07) is 75.7. The first kappa shape index (κ1) is 33.8. The number of benzene rings is 9. The van der Waals surface area contributed by atoms with Gasteiger partial charge in [0, 0.05) is 33.3 Å². The summed E-state index contributed by atoms with van der Waals surface area (Å²) in [6.07, 6.45) is 0. The predicted molar refractivity (Wildman–Crippen MR) is 237 cm³/mol. The van der Waals surface area contributed by atoms with Gasteiger partial charge >= 0.3 is 0 Å². The van der Waals surface area contributed by atoms with Crippen molar-refractivity contribution in [3.05, 3.63) is 246 Å². The maximum absolute atomic E-state index is 15.5. The molecule has 0 aliphatic heterocycles. The van der Waals surface area contributed by atoms with E-state index in [1.807, 2.05) is 30.3 Å². The second-order valence-electron chi connectivity index (χ2n) is 14.9. The zero-order valence-electron chi connectivity index (χ0n) is 31.5. The van der Waals surface area contributed by atoms with E-state index in [1.54, 1.807) is 12.1 Å². The minimum Gasteiger partial charge on any atom is -0.455 e. The average molecular weight is 746 g/mol. The van der Waals surface area contributed by atoms with Gasteiger partial charge in [0.1, 0.15) is 17.0 Å². The van der Waals surface area contributed by atoms with Crippen LogP contribution >= 0.6 is 0 Å². The second-order valence-corrected chi connectivity index (χ2v) is 14.9. The van der Waals surface area contributed by atoms with Gasteiger partial charge in [0.25, 0.3) is 0 Å². The number of hydrogen-bond donors (Lipinski definition) is 0. The SMILES string of the molecule is Fc1ccc2c(c1)C(c1ccccc1)(c1ccccc1)c1cc(N(c3ccc(-c4cccc5c4oc4ccccc45)cc3)c3ccccc3-c3ccccc3)ccc1-2. The Hall–Kier alpha value is -7.49. The van der Waals surface area contributed by atoms with Gasteiger partial charge in [-0.25, -0.2) is 4.39 Å². The number of hydrogen-bond acceptors (Lipinski definition) is 2. The van der Waals surface area contributed by atoms with Crippen molar-refractivity contribution >= 4 is 39.0 Å². The summed E-state index contributed by atoms with van der Waals surface area (Å²) in [7, 11) is 0. The van der Waals surface area contributed by atoms with Crippen molar-refractivity contribution < 1.29 is 8.81 Å². The third kappa shape index (κ3) is 5.24. The summed E-state index contributed by atoms with van der Waals surface area (Å²) in [6.45, 7) is 0. The molecule has 0 N–H and O–H groups in total. The molecule has 58 heavy (non-hydrogen) atoms. The first-order valence-electron chi connectivity index (χ1n) is 19.7. The Bertz CT molecular complexity index is 3080. The van der Waals surface area contributed by atoms with Crippen molar-refractivity contribution in [3.8, 4) is 33.4 Å². The van der Waals surface area contributed by atoms with Gasteiger partial charge in [-0.15, -0.1) is 0 Å². The van der Waals surface area contributed by atoms with Gasteiger partial charge in [-0.2, -0.15) is 0 Å². The van der Waals surface area contributed by atoms with E-state index < -0.39 is 5.41 Å². The first-order valence-corrected chi connectivity index (χ1v) is 19.7. The van der Waals surface area contributed by atoms with Crippen LogP contribution in [-0.4, -0.2) is 0 Å². The molecule has 0 saturated carbocycles. The molecule has 9 aromatic carbocycles. The molecule has 1 aromatic heterocycles. The highest BCUT2D eigenvalue weighted by atomic mass is 19.1. The summed E-state index contributed by atoms with van der Waals surface area (Å²) in [5.74, 6) is -0.250. The molecular formula is C55H36FNO. The minimum atomic E-state index is -0.759. The zero-order chi connectivity index (χ0) is 38.6. The second kappa shape index (κ2) is 13.6. The van der Waals surface area contributed by atoms with Crippen LogP contribution < -0.4 is 4.90 Å². The van der Waals surface area contributed by atoms with Crippen molar-refractivity contribution in [2.24, 2.45) is 0 Å². The van der Waals surface area contributed by atoms with E-state index in [9.17, 15) is 0 Å². The lowest BCUT2D eigenvalue weighted by Crippen LogP contribution is -2.29. The monoisotopic (exact) mass is 745 g/mol. The molecule has 3 heteroatoms. The Morgan fingerprint density at radius 2 is 0.948 bits per heavy atom. The lowest BCUT2D eigenvalue weighted by molar-refractivity contribution is 0.621. The van der Waals surface area contributed by atoms with Gasteiger partial charge in [0.15, 0.2) is 0 Å². The molecule has 0 spiro atoms. The molecule has 0 atom stereocenters. The number of halogens is 1. The van der Waals surface area contributed by atoms with Crippen LogP contribution in [-0.2, 0) is 5.41 Å². The van der Waals surface area contributed by atoms with Crippen LogP contribution in [0.3, 0.4) is 0 Å². The Labute approximate surface area is 336 Å². The minimum absolute atomic E-state index is 0.250. The molecule has 11 rings (SSSR count). The van der Waals surface area contributed by atoms with E-state index in [0.29, 0.717) is 0 Å². The molecule has 274 valence electrons. The Morgan fingerprint density at radius 1 is 0.397 bits per heavy atom. The number of fused-ring (bicyclic) bond motifs is 6. The molecule has 0 unspecified atom stereocenters. The van der Waals surface area contributed by atoms with E-state index >= 15 is 4.39 Å². The maximum atomic E-state index is 15.5. The summed E-state index contributed by atoms with van der Waals surface area (Å²) in [5.41, 5.74) is 14.8. The fourth-order valence-corrected chi connectivity index (χ4v) is 9.31. The average Bonchev–Trinajstić information content (AvgIpc) is 3.81. The van der Waals surface area contributed by atoms with Gasteiger partial charge in [0.05, 0.1) is 11.1 Å². The molecule has 10 aromatic rings. The number of nitrogens with zero attached hydrogens (tertiary/aromatic N) is 1. The zero-order valence-corrected chi connectivity index (χ0v) is 31.5. The largest absolute Gasteiger partial charge is 0.455 e.